The molecule has 0 N–H and O–H groups in total. The summed E-state index contributed by atoms with van der Waals surface area (Å²) in [5.74, 6) is 4.84. The molecule has 0 bridgehead atoms. The minimum Gasteiger partial charge on any atom is -0.289 e. The lowest BCUT2D eigenvalue weighted by molar-refractivity contribution is 0.0815. The van der Waals surface area contributed by atoms with Crippen molar-refractivity contribution in [2.24, 2.45) is 0 Å². The van der Waals surface area contributed by atoms with Gasteiger partial charge in [-0.3, -0.25) is 13.6 Å². The van der Waals surface area contributed by atoms with Gasteiger partial charge in [0.2, 0.25) is 0 Å². The molecule has 0 amide bonds. The Labute approximate surface area is 110 Å². The number of hydrogen-bond acceptors (Lipinski definition) is 3. The van der Waals surface area contributed by atoms with E-state index in [1.165, 1.54) is 6.08 Å². The van der Waals surface area contributed by atoms with Gasteiger partial charge in [-0.1, -0.05) is 17.9 Å². The van der Waals surface area contributed by atoms with Crippen LogP contribution < -0.4 is 0 Å². The zero-order valence-electron chi connectivity index (χ0n) is 11.7. The second-order valence-corrected chi connectivity index (χ2v) is 7.27. The molecule has 0 aromatic heterocycles. The second-order valence-electron chi connectivity index (χ2n) is 5.01. The van der Waals surface area contributed by atoms with Gasteiger partial charge in [-0.2, -0.15) is 0 Å². The Kier molecular flexibility index (Phi) is 5.45. The molecule has 0 heterocycles. The summed E-state index contributed by atoms with van der Waals surface area (Å²) in [6.45, 7) is 11.9. The van der Waals surface area contributed by atoms with Gasteiger partial charge in [-0.15, -0.1) is 19.4 Å². The third-order valence-electron chi connectivity index (χ3n) is 2.25. The van der Waals surface area contributed by atoms with Crippen molar-refractivity contribution in [2.45, 2.75) is 51.5 Å². The van der Waals surface area contributed by atoms with Crippen LogP contribution in [-0.4, -0.2) is 16.9 Å². The average molecular weight is 268 g/mol. The Morgan fingerprint density at radius 1 is 1.17 bits per heavy atom. The predicted octanol–water partition coefficient (Wildman–Crippen LogP) is 3.61. The Balaban J connectivity index is 5.37. The molecule has 0 saturated carbocycles. The van der Waals surface area contributed by atoms with E-state index in [4.69, 9.17) is 21.9 Å². The van der Waals surface area contributed by atoms with Crippen LogP contribution in [0.15, 0.2) is 12.7 Å². The maximum absolute atomic E-state index is 12.8. The van der Waals surface area contributed by atoms with Crippen molar-refractivity contribution in [3.8, 4) is 24.7 Å². The lowest BCUT2D eigenvalue weighted by atomic mass is 10.2. The van der Waals surface area contributed by atoms with Gasteiger partial charge >= 0.3 is 7.60 Å². The predicted molar refractivity (Wildman–Crippen MR) is 75.3 cm³/mol. The first-order valence-corrected chi connectivity index (χ1v) is 7.22. The van der Waals surface area contributed by atoms with Gasteiger partial charge in [0.1, 0.15) is 11.2 Å². The fraction of sp³-hybridized carbons (Fsp3) is 0.571. The lowest BCUT2D eigenvalue weighted by Crippen LogP contribution is -2.28. The zero-order chi connectivity index (χ0) is 14.6. The number of rotatable bonds is 6. The van der Waals surface area contributed by atoms with Crippen LogP contribution in [0.1, 0.15) is 34.6 Å². The van der Waals surface area contributed by atoms with Crippen molar-refractivity contribution in [2.75, 3.05) is 0 Å². The minimum atomic E-state index is -3.49. The van der Waals surface area contributed by atoms with Crippen LogP contribution in [0.2, 0.25) is 0 Å². The molecule has 0 spiro atoms. The second kappa shape index (κ2) is 5.77. The highest BCUT2D eigenvalue weighted by atomic mass is 31.2. The van der Waals surface area contributed by atoms with Crippen molar-refractivity contribution in [3.05, 3.63) is 12.7 Å². The van der Waals surface area contributed by atoms with Crippen LogP contribution in [-0.2, 0) is 13.6 Å². The summed E-state index contributed by atoms with van der Waals surface area (Å²) in [5.41, 5.74) is -2.51. The van der Waals surface area contributed by atoms with Crippen molar-refractivity contribution in [3.63, 3.8) is 0 Å². The van der Waals surface area contributed by atoms with Crippen LogP contribution in [0.25, 0.3) is 0 Å². The van der Waals surface area contributed by atoms with E-state index in [0.717, 1.165) is 0 Å². The highest BCUT2D eigenvalue weighted by Crippen LogP contribution is 2.58. The highest BCUT2D eigenvalue weighted by molar-refractivity contribution is 7.55. The summed E-state index contributed by atoms with van der Waals surface area (Å²) in [6, 6.07) is 0. The third-order valence-corrected chi connectivity index (χ3v) is 4.88. The topological polar surface area (TPSA) is 35.5 Å². The molecule has 0 aliphatic rings. The van der Waals surface area contributed by atoms with Crippen molar-refractivity contribution < 1.29 is 13.6 Å². The molecule has 0 fully saturated rings. The Hall–Kier alpha value is -0.990. The van der Waals surface area contributed by atoms with Gasteiger partial charge in [-0.25, -0.2) is 0 Å². The Morgan fingerprint density at radius 3 is 1.72 bits per heavy atom. The summed E-state index contributed by atoms with van der Waals surface area (Å²) in [5, 5.41) is 0. The van der Waals surface area contributed by atoms with E-state index in [1.807, 2.05) is 0 Å². The first kappa shape index (κ1) is 17.0. The molecule has 0 aliphatic carbocycles. The summed E-state index contributed by atoms with van der Waals surface area (Å²) in [6.07, 6.45) is 12.2. The van der Waals surface area contributed by atoms with Gasteiger partial charge in [0.05, 0.1) is 5.66 Å². The Morgan fingerprint density at radius 2 is 1.50 bits per heavy atom. The number of allylic oxidation sites excluding steroid dienone is 1. The van der Waals surface area contributed by atoms with Gasteiger partial charge in [-0.05, 0) is 34.6 Å². The molecule has 1 atom stereocenters. The molecule has 1 unspecified atom stereocenters. The molecule has 0 aromatic carbocycles. The third kappa shape index (κ3) is 4.71. The molecule has 0 saturated heterocycles. The number of hydrogen-bond donors (Lipinski definition) is 0. The van der Waals surface area contributed by atoms with Crippen LogP contribution >= 0.6 is 7.60 Å². The molecule has 3 nitrogen and oxygen atoms in total. The first-order valence-electron chi connectivity index (χ1n) is 5.61. The quantitative estimate of drug-likeness (QED) is 0.419. The van der Waals surface area contributed by atoms with E-state index in [0.29, 0.717) is 0 Å². The maximum Gasteiger partial charge on any atom is 0.340 e. The molecule has 18 heavy (non-hydrogen) atoms. The minimum absolute atomic E-state index is 0.502. The molecule has 0 rings (SSSR count). The van der Waals surface area contributed by atoms with Crippen LogP contribution in [0.4, 0.5) is 0 Å². The van der Waals surface area contributed by atoms with Gasteiger partial charge in [0.15, 0.2) is 0 Å². The maximum atomic E-state index is 12.8. The van der Waals surface area contributed by atoms with Gasteiger partial charge in [0.25, 0.3) is 0 Å². The average Bonchev–Trinajstić information content (AvgIpc) is 2.26. The molecular formula is C14H21O3P. The fourth-order valence-electron chi connectivity index (χ4n) is 1.00. The van der Waals surface area contributed by atoms with E-state index in [2.05, 4.69) is 18.4 Å². The van der Waals surface area contributed by atoms with E-state index in [1.54, 1.807) is 34.6 Å². The molecule has 100 valence electrons. The fourth-order valence-corrected chi connectivity index (χ4v) is 3.01. The SMILES string of the molecule is C#CC(C)(C)OP(=O)(OC(C)(C)C#C)C(C)C=C. The van der Waals surface area contributed by atoms with E-state index < -0.39 is 24.5 Å². The lowest BCUT2D eigenvalue weighted by Gasteiger charge is -2.33. The standard InChI is InChI=1S/C14H21O3P/c1-9-12(4)18(15,16-13(5,6)10-2)17-14(7,8)11-3/h2-3,9,12H,1H2,4-8H3. The van der Waals surface area contributed by atoms with Crippen molar-refractivity contribution in [1.82, 2.24) is 0 Å². The number of terminal acetylenes is 2. The summed E-state index contributed by atoms with van der Waals surface area (Å²) in [4.78, 5) is 0. The van der Waals surface area contributed by atoms with Crippen molar-refractivity contribution in [1.29, 1.82) is 0 Å². The normalized spacial score (nSPS) is 14.4. The summed E-state index contributed by atoms with van der Waals surface area (Å²) < 4.78 is 23.8. The summed E-state index contributed by atoms with van der Waals surface area (Å²) in [7, 11) is -3.49. The first-order chi connectivity index (χ1) is 8.02. The Bertz CT molecular complexity index is 403. The molecule has 4 heteroatoms. The largest absolute Gasteiger partial charge is 0.340 e. The highest BCUT2D eigenvalue weighted by Gasteiger charge is 2.40. The zero-order valence-corrected chi connectivity index (χ0v) is 12.6. The van der Waals surface area contributed by atoms with Crippen molar-refractivity contribution >= 4 is 7.60 Å². The summed E-state index contributed by atoms with van der Waals surface area (Å²) >= 11 is 0. The monoisotopic (exact) mass is 268 g/mol. The molecule has 0 aliphatic heterocycles. The van der Waals surface area contributed by atoms with Crippen LogP contribution in [0, 0.1) is 24.7 Å². The molecular weight excluding hydrogens is 247 g/mol. The van der Waals surface area contributed by atoms with Crippen LogP contribution in [0.5, 0.6) is 0 Å². The molecule has 0 aromatic rings. The van der Waals surface area contributed by atoms with E-state index in [9.17, 15) is 4.57 Å². The molecule has 0 radical (unpaired) electrons. The van der Waals surface area contributed by atoms with Crippen LogP contribution in [0.3, 0.4) is 0 Å². The van der Waals surface area contributed by atoms with Gasteiger partial charge in [0, 0.05) is 0 Å². The van der Waals surface area contributed by atoms with E-state index in [-0.39, 0.29) is 0 Å². The smallest absolute Gasteiger partial charge is 0.289 e. The van der Waals surface area contributed by atoms with Gasteiger partial charge < -0.3 is 0 Å². The van der Waals surface area contributed by atoms with E-state index >= 15 is 0 Å².